The van der Waals surface area contributed by atoms with Crippen molar-refractivity contribution >= 4 is 5.91 Å². The first kappa shape index (κ1) is 20.1. The molecular formula is C24H25FN2O3. The first-order valence-electron chi connectivity index (χ1n) is 10.3. The van der Waals surface area contributed by atoms with Gasteiger partial charge in [-0.1, -0.05) is 42.3 Å². The van der Waals surface area contributed by atoms with Crippen molar-refractivity contribution < 1.29 is 18.4 Å². The summed E-state index contributed by atoms with van der Waals surface area (Å²) in [5, 5.41) is 4.19. The predicted molar refractivity (Wildman–Crippen MR) is 111 cm³/mol. The number of carbonyl (C=O) groups is 1. The van der Waals surface area contributed by atoms with Crippen molar-refractivity contribution in [2.75, 3.05) is 7.11 Å². The smallest absolute Gasteiger partial charge is 0.226 e. The van der Waals surface area contributed by atoms with Gasteiger partial charge in [-0.2, -0.15) is 0 Å². The molecule has 0 N–H and O–H groups in total. The Hall–Kier alpha value is -3.15. The van der Waals surface area contributed by atoms with E-state index in [4.69, 9.17) is 9.26 Å². The summed E-state index contributed by atoms with van der Waals surface area (Å²) < 4.78 is 24.2. The van der Waals surface area contributed by atoms with Crippen LogP contribution in [0, 0.1) is 11.7 Å². The van der Waals surface area contributed by atoms with E-state index in [9.17, 15) is 9.18 Å². The highest BCUT2D eigenvalue weighted by molar-refractivity contribution is 5.79. The van der Waals surface area contributed by atoms with E-state index in [2.05, 4.69) is 5.16 Å². The maximum Gasteiger partial charge on any atom is 0.226 e. The summed E-state index contributed by atoms with van der Waals surface area (Å²) in [6.45, 7) is 0.748. The van der Waals surface area contributed by atoms with Crippen molar-refractivity contribution in [2.24, 2.45) is 5.92 Å². The van der Waals surface area contributed by atoms with Crippen LogP contribution in [-0.4, -0.2) is 23.1 Å². The predicted octanol–water partition coefficient (Wildman–Crippen LogP) is 5.21. The Morgan fingerprint density at radius 1 is 1.13 bits per heavy atom. The molecule has 2 aromatic carbocycles. The number of hydrogen-bond acceptors (Lipinski definition) is 4. The number of methoxy groups -OCH3 is 1. The molecule has 1 fully saturated rings. The summed E-state index contributed by atoms with van der Waals surface area (Å²) in [4.78, 5) is 15.0. The number of benzene rings is 2. The maximum atomic E-state index is 13.3. The molecule has 0 saturated heterocycles. The number of amides is 1. The van der Waals surface area contributed by atoms with Gasteiger partial charge in [0.25, 0.3) is 0 Å². The molecule has 1 aliphatic rings. The molecule has 1 aliphatic carbocycles. The zero-order valence-electron chi connectivity index (χ0n) is 17.0. The molecule has 1 saturated carbocycles. The Morgan fingerprint density at radius 3 is 2.60 bits per heavy atom. The number of ether oxygens (including phenoxy) is 1. The molecule has 0 spiro atoms. The molecule has 156 valence electrons. The van der Waals surface area contributed by atoms with Gasteiger partial charge in [0, 0.05) is 18.5 Å². The van der Waals surface area contributed by atoms with Gasteiger partial charge in [-0.25, -0.2) is 4.39 Å². The second-order valence-corrected chi connectivity index (χ2v) is 7.68. The third kappa shape index (κ3) is 4.53. The molecule has 0 radical (unpaired) electrons. The Labute approximate surface area is 175 Å². The molecule has 0 aliphatic heterocycles. The standard InChI is InChI=1S/C24H25FN2O3/c1-29-22-9-5-4-8-21(22)23-14-20(26-30-23)16-27(24(28)18-6-2-3-7-18)15-17-10-12-19(25)13-11-17/h4-5,8-14,18H,2-3,6-7,15-16H2,1H3. The third-order valence-electron chi connectivity index (χ3n) is 5.59. The van der Waals surface area contributed by atoms with Gasteiger partial charge in [0.15, 0.2) is 5.76 Å². The Balaban J connectivity index is 1.56. The first-order chi connectivity index (χ1) is 14.6. The van der Waals surface area contributed by atoms with Gasteiger partial charge in [-0.15, -0.1) is 0 Å². The van der Waals surface area contributed by atoms with Crippen molar-refractivity contribution in [3.05, 3.63) is 71.7 Å². The fourth-order valence-electron chi connectivity index (χ4n) is 4.01. The van der Waals surface area contributed by atoms with Gasteiger partial charge in [-0.05, 0) is 42.7 Å². The van der Waals surface area contributed by atoms with Crippen LogP contribution in [0.25, 0.3) is 11.3 Å². The third-order valence-corrected chi connectivity index (χ3v) is 5.59. The van der Waals surface area contributed by atoms with E-state index in [1.54, 1.807) is 24.1 Å². The van der Waals surface area contributed by atoms with Gasteiger partial charge >= 0.3 is 0 Å². The SMILES string of the molecule is COc1ccccc1-c1cc(CN(Cc2ccc(F)cc2)C(=O)C2CCCC2)no1. The van der Waals surface area contributed by atoms with E-state index >= 15 is 0 Å². The van der Waals surface area contributed by atoms with Crippen molar-refractivity contribution in [1.82, 2.24) is 10.1 Å². The highest BCUT2D eigenvalue weighted by Crippen LogP contribution is 2.31. The Morgan fingerprint density at radius 2 is 1.87 bits per heavy atom. The minimum absolute atomic E-state index is 0.0473. The van der Waals surface area contributed by atoms with Crippen molar-refractivity contribution in [2.45, 2.75) is 38.8 Å². The molecule has 1 amide bonds. The molecular weight excluding hydrogens is 383 g/mol. The minimum Gasteiger partial charge on any atom is -0.496 e. The molecule has 1 aromatic heterocycles. The largest absolute Gasteiger partial charge is 0.496 e. The maximum absolute atomic E-state index is 13.3. The van der Waals surface area contributed by atoms with Gasteiger partial charge < -0.3 is 14.2 Å². The number of carbonyl (C=O) groups excluding carboxylic acids is 1. The summed E-state index contributed by atoms with van der Waals surface area (Å²) >= 11 is 0. The second-order valence-electron chi connectivity index (χ2n) is 7.68. The normalized spacial score (nSPS) is 14.1. The zero-order chi connectivity index (χ0) is 20.9. The minimum atomic E-state index is -0.287. The fraction of sp³-hybridized carbons (Fsp3) is 0.333. The lowest BCUT2D eigenvalue weighted by Crippen LogP contribution is -2.34. The molecule has 0 atom stereocenters. The molecule has 6 heteroatoms. The highest BCUT2D eigenvalue weighted by Gasteiger charge is 2.28. The summed E-state index contributed by atoms with van der Waals surface area (Å²) in [6, 6.07) is 15.7. The molecule has 30 heavy (non-hydrogen) atoms. The summed E-state index contributed by atoms with van der Waals surface area (Å²) in [6.07, 6.45) is 4.01. The first-order valence-corrected chi connectivity index (χ1v) is 10.3. The van der Waals surface area contributed by atoms with Crippen molar-refractivity contribution in [3.8, 4) is 17.1 Å². The molecule has 0 bridgehead atoms. The topological polar surface area (TPSA) is 55.6 Å². The molecule has 1 heterocycles. The molecule has 5 nitrogen and oxygen atoms in total. The number of rotatable bonds is 7. The van der Waals surface area contributed by atoms with Crippen LogP contribution in [0.2, 0.25) is 0 Å². The van der Waals surface area contributed by atoms with E-state index in [0.29, 0.717) is 30.3 Å². The summed E-state index contributed by atoms with van der Waals surface area (Å²) in [7, 11) is 1.61. The fourth-order valence-corrected chi connectivity index (χ4v) is 4.01. The van der Waals surface area contributed by atoms with Crippen LogP contribution in [0.4, 0.5) is 4.39 Å². The van der Waals surface area contributed by atoms with E-state index in [0.717, 1.165) is 36.8 Å². The van der Waals surface area contributed by atoms with Crippen LogP contribution in [0.3, 0.4) is 0 Å². The lowest BCUT2D eigenvalue weighted by Gasteiger charge is -2.25. The van der Waals surface area contributed by atoms with Crippen LogP contribution in [-0.2, 0) is 17.9 Å². The van der Waals surface area contributed by atoms with Gasteiger partial charge in [0.1, 0.15) is 17.3 Å². The van der Waals surface area contributed by atoms with Crippen molar-refractivity contribution in [3.63, 3.8) is 0 Å². The van der Waals surface area contributed by atoms with Crippen LogP contribution < -0.4 is 4.74 Å². The molecule has 3 aromatic rings. The van der Waals surface area contributed by atoms with Gasteiger partial charge in [0.2, 0.25) is 5.91 Å². The Kier molecular flexibility index (Phi) is 6.12. The lowest BCUT2D eigenvalue weighted by atomic mass is 10.1. The van der Waals surface area contributed by atoms with Gasteiger partial charge in [-0.3, -0.25) is 4.79 Å². The van der Waals surface area contributed by atoms with E-state index < -0.39 is 0 Å². The van der Waals surface area contributed by atoms with Crippen LogP contribution >= 0.6 is 0 Å². The van der Waals surface area contributed by atoms with Crippen molar-refractivity contribution in [1.29, 1.82) is 0 Å². The Bertz CT molecular complexity index is 994. The number of aromatic nitrogens is 1. The number of hydrogen-bond donors (Lipinski definition) is 0. The summed E-state index contributed by atoms with van der Waals surface area (Å²) in [5.41, 5.74) is 2.37. The average Bonchev–Trinajstić information content (AvgIpc) is 3.47. The molecule has 4 rings (SSSR count). The summed E-state index contributed by atoms with van der Waals surface area (Å²) in [5.74, 6) is 1.18. The lowest BCUT2D eigenvalue weighted by molar-refractivity contribution is -0.136. The average molecular weight is 408 g/mol. The van der Waals surface area contributed by atoms with Crippen LogP contribution in [0.5, 0.6) is 5.75 Å². The van der Waals surface area contributed by atoms with Gasteiger partial charge in [0.05, 0.1) is 19.2 Å². The number of halogens is 1. The molecule has 0 unspecified atom stereocenters. The van der Waals surface area contributed by atoms with E-state index in [-0.39, 0.29) is 17.6 Å². The number of para-hydroxylation sites is 1. The van der Waals surface area contributed by atoms with Crippen LogP contribution in [0.1, 0.15) is 36.9 Å². The van der Waals surface area contributed by atoms with E-state index in [1.807, 2.05) is 30.3 Å². The van der Waals surface area contributed by atoms with E-state index in [1.165, 1.54) is 12.1 Å². The van der Waals surface area contributed by atoms with Crippen LogP contribution in [0.15, 0.2) is 59.1 Å². The monoisotopic (exact) mass is 408 g/mol. The number of nitrogens with zero attached hydrogens (tertiary/aromatic N) is 2. The second kappa shape index (κ2) is 9.11. The highest BCUT2D eigenvalue weighted by atomic mass is 19.1. The quantitative estimate of drug-likeness (QED) is 0.539. The zero-order valence-corrected chi connectivity index (χ0v) is 17.0.